The molecule has 0 aliphatic heterocycles. The Hall–Kier alpha value is -1.39. The maximum atomic E-state index is 12.9. The maximum Gasteiger partial charge on any atom is 0.123 e. The van der Waals surface area contributed by atoms with Gasteiger partial charge in [-0.25, -0.2) is 4.39 Å². The molecule has 0 aliphatic carbocycles. The molecule has 2 aromatic carbocycles. The Kier molecular flexibility index (Phi) is 4.56. The van der Waals surface area contributed by atoms with Crippen molar-refractivity contribution in [2.24, 2.45) is 5.73 Å². The van der Waals surface area contributed by atoms with Gasteiger partial charge in [-0.2, -0.15) is 0 Å². The summed E-state index contributed by atoms with van der Waals surface area (Å²) in [6, 6.07) is 12.4. The number of rotatable bonds is 4. The molecule has 0 saturated carbocycles. The molecule has 0 radical (unpaired) electrons. The second-order valence-electron chi connectivity index (χ2n) is 4.45. The fourth-order valence-corrected chi connectivity index (χ4v) is 2.16. The van der Waals surface area contributed by atoms with Crippen molar-refractivity contribution in [3.63, 3.8) is 0 Å². The number of anilines is 1. The lowest BCUT2D eigenvalue weighted by Crippen LogP contribution is -2.20. The van der Waals surface area contributed by atoms with Crippen molar-refractivity contribution in [3.8, 4) is 0 Å². The third kappa shape index (κ3) is 3.55. The molecule has 0 saturated heterocycles. The second-order valence-corrected chi connectivity index (χ2v) is 5.30. The summed E-state index contributed by atoms with van der Waals surface area (Å²) in [7, 11) is 0. The van der Waals surface area contributed by atoms with Gasteiger partial charge >= 0.3 is 0 Å². The SMILES string of the molecule is Cc1cc(C(CN)Nc2ccc(F)cc2)ccc1Br. The summed E-state index contributed by atoms with van der Waals surface area (Å²) in [5, 5.41) is 3.31. The molecule has 2 nitrogen and oxygen atoms in total. The predicted molar refractivity (Wildman–Crippen MR) is 80.7 cm³/mol. The molecule has 1 atom stereocenters. The zero-order valence-electron chi connectivity index (χ0n) is 10.7. The lowest BCUT2D eigenvalue weighted by Gasteiger charge is -2.19. The molecule has 1 unspecified atom stereocenters. The van der Waals surface area contributed by atoms with E-state index in [0.29, 0.717) is 6.54 Å². The van der Waals surface area contributed by atoms with E-state index in [9.17, 15) is 4.39 Å². The number of halogens is 2. The highest BCUT2D eigenvalue weighted by Gasteiger charge is 2.10. The van der Waals surface area contributed by atoms with Crippen molar-refractivity contribution in [3.05, 3.63) is 63.9 Å². The van der Waals surface area contributed by atoms with Gasteiger partial charge in [-0.3, -0.25) is 0 Å². The Morgan fingerprint density at radius 2 is 1.89 bits per heavy atom. The van der Waals surface area contributed by atoms with Gasteiger partial charge in [0.25, 0.3) is 0 Å². The van der Waals surface area contributed by atoms with Gasteiger partial charge in [-0.15, -0.1) is 0 Å². The normalized spacial score (nSPS) is 12.2. The molecule has 2 rings (SSSR count). The van der Waals surface area contributed by atoms with Crippen LogP contribution in [0.4, 0.5) is 10.1 Å². The summed E-state index contributed by atoms with van der Waals surface area (Å²) in [4.78, 5) is 0. The van der Waals surface area contributed by atoms with Gasteiger partial charge in [-0.1, -0.05) is 28.1 Å². The van der Waals surface area contributed by atoms with Crippen molar-refractivity contribution in [2.45, 2.75) is 13.0 Å². The van der Waals surface area contributed by atoms with Crippen LogP contribution in [0.2, 0.25) is 0 Å². The Morgan fingerprint density at radius 1 is 1.21 bits per heavy atom. The number of hydrogen-bond donors (Lipinski definition) is 2. The molecule has 19 heavy (non-hydrogen) atoms. The van der Waals surface area contributed by atoms with Crippen LogP contribution in [0.3, 0.4) is 0 Å². The van der Waals surface area contributed by atoms with Crippen molar-refractivity contribution in [1.82, 2.24) is 0 Å². The molecular formula is C15H16BrFN2. The molecule has 0 aliphatic rings. The van der Waals surface area contributed by atoms with Crippen LogP contribution in [0.25, 0.3) is 0 Å². The van der Waals surface area contributed by atoms with Gasteiger partial charge in [0.2, 0.25) is 0 Å². The van der Waals surface area contributed by atoms with E-state index in [0.717, 1.165) is 21.3 Å². The summed E-state index contributed by atoms with van der Waals surface area (Å²) < 4.78 is 13.9. The van der Waals surface area contributed by atoms with Crippen molar-refractivity contribution in [1.29, 1.82) is 0 Å². The number of nitrogens with two attached hydrogens (primary N) is 1. The van der Waals surface area contributed by atoms with E-state index < -0.39 is 0 Å². The molecule has 100 valence electrons. The van der Waals surface area contributed by atoms with Crippen LogP contribution in [-0.4, -0.2) is 6.54 Å². The summed E-state index contributed by atoms with van der Waals surface area (Å²) in [5.41, 5.74) is 8.96. The van der Waals surface area contributed by atoms with Gasteiger partial charge in [0.15, 0.2) is 0 Å². The Morgan fingerprint density at radius 3 is 2.47 bits per heavy atom. The number of nitrogens with one attached hydrogen (secondary N) is 1. The minimum absolute atomic E-state index is 0.0114. The summed E-state index contributed by atoms with van der Waals surface area (Å²) in [6.45, 7) is 2.51. The average molecular weight is 323 g/mol. The van der Waals surface area contributed by atoms with Crippen molar-refractivity contribution < 1.29 is 4.39 Å². The highest BCUT2D eigenvalue weighted by Crippen LogP contribution is 2.23. The van der Waals surface area contributed by atoms with E-state index in [-0.39, 0.29) is 11.9 Å². The van der Waals surface area contributed by atoms with Crippen LogP contribution in [0.5, 0.6) is 0 Å². The maximum absolute atomic E-state index is 12.9. The number of hydrogen-bond acceptors (Lipinski definition) is 2. The summed E-state index contributed by atoms with van der Waals surface area (Å²) >= 11 is 3.48. The largest absolute Gasteiger partial charge is 0.377 e. The minimum Gasteiger partial charge on any atom is -0.377 e. The summed E-state index contributed by atoms with van der Waals surface area (Å²) in [6.07, 6.45) is 0. The highest BCUT2D eigenvalue weighted by atomic mass is 79.9. The number of aryl methyl sites for hydroxylation is 1. The topological polar surface area (TPSA) is 38.0 Å². The molecule has 3 N–H and O–H groups in total. The van der Waals surface area contributed by atoms with Crippen LogP contribution in [0, 0.1) is 12.7 Å². The standard InChI is InChI=1S/C15H16BrFN2/c1-10-8-11(2-7-14(10)16)15(9-18)19-13-5-3-12(17)4-6-13/h2-8,15,19H,9,18H2,1H3. The molecular weight excluding hydrogens is 307 g/mol. The molecule has 4 heteroatoms. The molecule has 0 fully saturated rings. The average Bonchev–Trinajstić information content (AvgIpc) is 2.41. The molecule has 0 amide bonds. The van der Waals surface area contributed by atoms with Crippen molar-refractivity contribution in [2.75, 3.05) is 11.9 Å². The van der Waals surface area contributed by atoms with E-state index >= 15 is 0 Å². The van der Waals surface area contributed by atoms with E-state index in [4.69, 9.17) is 5.73 Å². The first-order valence-corrected chi connectivity index (χ1v) is 6.87. The third-order valence-corrected chi connectivity index (χ3v) is 3.89. The van der Waals surface area contributed by atoms with Crippen LogP contribution in [0.15, 0.2) is 46.9 Å². The monoisotopic (exact) mass is 322 g/mol. The Labute approximate surface area is 121 Å². The van der Waals surface area contributed by atoms with Gasteiger partial charge in [0.1, 0.15) is 5.82 Å². The molecule has 0 aromatic heterocycles. The molecule has 0 spiro atoms. The van der Waals surface area contributed by atoms with Crippen LogP contribution < -0.4 is 11.1 Å². The minimum atomic E-state index is -0.241. The van der Waals surface area contributed by atoms with Crippen LogP contribution in [0.1, 0.15) is 17.2 Å². The molecule has 2 aromatic rings. The summed E-state index contributed by atoms with van der Waals surface area (Å²) in [5.74, 6) is -0.241. The van der Waals surface area contributed by atoms with Gasteiger partial charge in [0, 0.05) is 16.7 Å². The lowest BCUT2D eigenvalue weighted by molar-refractivity contribution is 0.628. The smallest absolute Gasteiger partial charge is 0.123 e. The van der Waals surface area contributed by atoms with Gasteiger partial charge < -0.3 is 11.1 Å². The van der Waals surface area contributed by atoms with E-state index in [1.807, 2.05) is 19.1 Å². The predicted octanol–water partition coefficient (Wildman–Crippen LogP) is 4.01. The lowest BCUT2D eigenvalue weighted by atomic mass is 10.0. The van der Waals surface area contributed by atoms with Crippen molar-refractivity contribution >= 4 is 21.6 Å². The zero-order valence-corrected chi connectivity index (χ0v) is 12.2. The Balaban J connectivity index is 2.19. The second kappa shape index (κ2) is 6.17. The fraction of sp³-hybridized carbons (Fsp3) is 0.200. The quantitative estimate of drug-likeness (QED) is 0.892. The van der Waals surface area contributed by atoms with E-state index in [1.54, 1.807) is 12.1 Å². The van der Waals surface area contributed by atoms with Crippen LogP contribution in [-0.2, 0) is 0 Å². The fourth-order valence-electron chi connectivity index (χ4n) is 1.91. The van der Waals surface area contributed by atoms with E-state index in [2.05, 4.69) is 27.3 Å². The van der Waals surface area contributed by atoms with Gasteiger partial charge in [0.05, 0.1) is 6.04 Å². The molecule has 0 heterocycles. The Bertz CT molecular complexity index is 555. The highest BCUT2D eigenvalue weighted by molar-refractivity contribution is 9.10. The third-order valence-electron chi connectivity index (χ3n) is 3.01. The first-order valence-electron chi connectivity index (χ1n) is 6.08. The van der Waals surface area contributed by atoms with Gasteiger partial charge in [-0.05, 0) is 48.4 Å². The van der Waals surface area contributed by atoms with E-state index in [1.165, 1.54) is 12.1 Å². The number of benzene rings is 2. The molecule has 0 bridgehead atoms. The first-order chi connectivity index (χ1) is 9.10. The van der Waals surface area contributed by atoms with Crippen LogP contribution >= 0.6 is 15.9 Å². The first kappa shape index (κ1) is 14.0. The zero-order chi connectivity index (χ0) is 13.8.